The number of benzene rings is 2. The molecule has 0 radical (unpaired) electrons. The normalized spacial score (nSPS) is 12.0. The molecular weight excluding hydrogens is 356 g/mol. The van der Waals surface area contributed by atoms with Gasteiger partial charge in [-0.25, -0.2) is 4.21 Å². The molecule has 1 heterocycles. The molecule has 0 amide bonds. The summed E-state index contributed by atoms with van der Waals surface area (Å²) in [7, 11) is 3.08. The average molecular weight is 374 g/mol. The Labute approximate surface area is 152 Å². The van der Waals surface area contributed by atoms with E-state index in [2.05, 4.69) is 4.72 Å². The van der Waals surface area contributed by atoms with Crippen LogP contribution in [0.2, 0.25) is 0 Å². The number of pyridine rings is 1. The van der Waals surface area contributed by atoms with Gasteiger partial charge in [0.25, 0.3) is 11.3 Å². The van der Waals surface area contributed by atoms with E-state index in [1.165, 1.54) is 13.2 Å². The van der Waals surface area contributed by atoms with E-state index in [1.807, 2.05) is 16.7 Å². The van der Waals surface area contributed by atoms with Crippen LogP contribution in [-0.2, 0) is 17.8 Å². The van der Waals surface area contributed by atoms with Crippen molar-refractivity contribution in [2.75, 3.05) is 18.9 Å². The van der Waals surface area contributed by atoms with Crippen LogP contribution in [0.4, 0.5) is 5.69 Å². The number of aromatic nitrogens is 1. The maximum absolute atomic E-state index is 12.2. The predicted octanol–water partition coefficient (Wildman–Crippen LogP) is 2.62. The Morgan fingerprint density at radius 3 is 2.35 bits per heavy atom. The molecule has 7 nitrogen and oxygen atoms in total. The number of fused-ring (bicyclic) bond motifs is 1. The standard InChI is InChI=1S/C18H18N2O5S/c1-24-17-9-14-15(10-18(17)25-2)20(8-7-16(14)21)11-12-3-5-13(6-4-12)19-26(22)23/h3-10,19H,11H2,1-2H3,(H,22,23). The van der Waals surface area contributed by atoms with Gasteiger partial charge in [0.1, 0.15) is 0 Å². The van der Waals surface area contributed by atoms with Crippen molar-refractivity contribution in [3.63, 3.8) is 0 Å². The lowest BCUT2D eigenvalue weighted by molar-refractivity contribution is 0.355. The van der Waals surface area contributed by atoms with E-state index >= 15 is 0 Å². The second-order valence-corrected chi connectivity index (χ2v) is 6.28. The van der Waals surface area contributed by atoms with Crippen LogP contribution in [0.5, 0.6) is 11.5 Å². The summed E-state index contributed by atoms with van der Waals surface area (Å²) in [5, 5.41) is 0.541. The molecule has 3 aromatic rings. The Kier molecular flexibility index (Phi) is 5.24. The summed E-state index contributed by atoms with van der Waals surface area (Å²) in [4.78, 5) is 12.2. The van der Waals surface area contributed by atoms with Crippen LogP contribution in [0.25, 0.3) is 10.9 Å². The maximum Gasteiger partial charge on any atom is 0.259 e. The van der Waals surface area contributed by atoms with E-state index in [4.69, 9.17) is 14.0 Å². The molecule has 26 heavy (non-hydrogen) atoms. The summed E-state index contributed by atoms with van der Waals surface area (Å²) < 4.78 is 34.6. The van der Waals surface area contributed by atoms with Gasteiger partial charge in [0.05, 0.1) is 19.7 Å². The minimum absolute atomic E-state index is 0.0952. The third-order valence-electron chi connectivity index (χ3n) is 3.99. The van der Waals surface area contributed by atoms with Crippen LogP contribution in [0.1, 0.15) is 5.56 Å². The van der Waals surface area contributed by atoms with Gasteiger partial charge in [-0.2, -0.15) is 0 Å². The summed E-state index contributed by atoms with van der Waals surface area (Å²) in [6, 6.07) is 12.1. The monoisotopic (exact) mass is 374 g/mol. The van der Waals surface area contributed by atoms with Crippen LogP contribution >= 0.6 is 0 Å². The number of hydrogen-bond donors (Lipinski definition) is 2. The highest BCUT2D eigenvalue weighted by Crippen LogP contribution is 2.31. The summed E-state index contributed by atoms with van der Waals surface area (Å²) in [5.74, 6) is 1.05. The zero-order valence-corrected chi connectivity index (χ0v) is 15.1. The molecule has 1 aromatic heterocycles. The molecule has 0 bridgehead atoms. The number of methoxy groups -OCH3 is 2. The molecule has 136 valence electrons. The highest BCUT2D eigenvalue weighted by molar-refractivity contribution is 7.80. The zero-order chi connectivity index (χ0) is 18.7. The lowest BCUT2D eigenvalue weighted by atomic mass is 10.1. The first kappa shape index (κ1) is 18.0. The maximum atomic E-state index is 12.2. The van der Waals surface area contributed by atoms with Gasteiger partial charge in [-0.15, -0.1) is 0 Å². The van der Waals surface area contributed by atoms with Crippen molar-refractivity contribution in [1.82, 2.24) is 4.57 Å². The number of nitrogens with zero attached hydrogens (tertiary/aromatic N) is 1. The highest BCUT2D eigenvalue weighted by Gasteiger charge is 2.11. The molecule has 2 N–H and O–H groups in total. The average Bonchev–Trinajstić information content (AvgIpc) is 2.64. The Hall–Kier alpha value is -2.84. The number of anilines is 1. The minimum Gasteiger partial charge on any atom is -0.493 e. The van der Waals surface area contributed by atoms with Gasteiger partial charge in [-0.1, -0.05) is 12.1 Å². The first-order chi connectivity index (χ1) is 12.5. The summed E-state index contributed by atoms with van der Waals surface area (Å²) in [6.07, 6.45) is 1.73. The number of nitrogens with one attached hydrogen (secondary N) is 1. The lowest BCUT2D eigenvalue weighted by Crippen LogP contribution is -2.09. The van der Waals surface area contributed by atoms with Crippen molar-refractivity contribution in [1.29, 1.82) is 0 Å². The summed E-state index contributed by atoms with van der Waals surface area (Å²) >= 11 is -2.11. The van der Waals surface area contributed by atoms with Gasteiger partial charge >= 0.3 is 0 Å². The van der Waals surface area contributed by atoms with Crippen molar-refractivity contribution in [3.05, 3.63) is 64.4 Å². The molecule has 1 unspecified atom stereocenters. The predicted molar refractivity (Wildman–Crippen MR) is 101 cm³/mol. The number of hydrogen-bond acceptors (Lipinski definition) is 4. The van der Waals surface area contributed by atoms with E-state index in [9.17, 15) is 9.00 Å². The Bertz CT molecular complexity index is 1010. The Morgan fingerprint density at radius 2 is 1.73 bits per heavy atom. The van der Waals surface area contributed by atoms with Crippen LogP contribution < -0.4 is 19.6 Å². The number of rotatable bonds is 6. The molecule has 0 fully saturated rings. The quantitative estimate of drug-likeness (QED) is 0.648. The van der Waals surface area contributed by atoms with Crippen LogP contribution in [-0.4, -0.2) is 27.5 Å². The first-order valence-corrected chi connectivity index (χ1v) is 8.84. The van der Waals surface area contributed by atoms with E-state index in [1.54, 1.807) is 37.6 Å². The fraction of sp³-hybridized carbons (Fsp3) is 0.167. The zero-order valence-electron chi connectivity index (χ0n) is 14.3. The molecule has 3 rings (SSSR count). The Morgan fingerprint density at radius 1 is 1.08 bits per heavy atom. The smallest absolute Gasteiger partial charge is 0.259 e. The van der Waals surface area contributed by atoms with E-state index in [0.29, 0.717) is 29.1 Å². The fourth-order valence-electron chi connectivity index (χ4n) is 2.74. The minimum atomic E-state index is -2.11. The molecule has 2 aromatic carbocycles. The Balaban J connectivity index is 2.01. The highest BCUT2D eigenvalue weighted by atomic mass is 32.2. The van der Waals surface area contributed by atoms with Crippen molar-refractivity contribution in [2.45, 2.75) is 6.54 Å². The lowest BCUT2D eigenvalue weighted by Gasteiger charge is -2.14. The van der Waals surface area contributed by atoms with Gasteiger partial charge in [0, 0.05) is 35.9 Å². The second-order valence-electron chi connectivity index (χ2n) is 5.58. The van der Waals surface area contributed by atoms with E-state index in [-0.39, 0.29) is 5.43 Å². The summed E-state index contributed by atoms with van der Waals surface area (Å²) in [5.41, 5.74) is 2.15. The molecule has 0 saturated heterocycles. The van der Waals surface area contributed by atoms with Gasteiger partial charge in [-0.3, -0.25) is 14.1 Å². The van der Waals surface area contributed by atoms with E-state index in [0.717, 1.165) is 11.1 Å². The first-order valence-electron chi connectivity index (χ1n) is 7.73. The van der Waals surface area contributed by atoms with Crippen molar-refractivity contribution in [2.24, 2.45) is 0 Å². The molecule has 0 aliphatic carbocycles. The molecule has 0 aliphatic rings. The van der Waals surface area contributed by atoms with Crippen LogP contribution in [0.15, 0.2) is 53.5 Å². The second kappa shape index (κ2) is 7.59. The molecule has 0 saturated carbocycles. The van der Waals surface area contributed by atoms with E-state index < -0.39 is 11.3 Å². The van der Waals surface area contributed by atoms with Gasteiger partial charge in [0.15, 0.2) is 16.9 Å². The molecular formula is C18H18N2O5S. The molecule has 0 spiro atoms. The van der Waals surface area contributed by atoms with Crippen LogP contribution in [0, 0.1) is 0 Å². The van der Waals surface area contributed by atoms with Crippen molar-refractivity contribution < 1.29 is 18.2 Å². The van der Waals surface area contributed by atoms with Gasteiger partial charge in [-0.05, 0) is 23.8 Å². The topological polar surface area (TPSA) is 89.8 Å². The molecule has 0 aliphatic heterocycles. The van der Waals surface area contributed by atoms with Crippen molar-refractivity contribution >= 4 is 27.9 Å². The molecule has 8 heteroatoms. The van der Waals surface area contributed by atoms with Gasteiger partial charge < -0.3 is 14.0 Å². The third kappa shape index (κ3) is 3.71. The third-order valence-corrected chi connectivity index (χ3v) is 4.40. The van der Waals surface area contributed by atoms with Gasteiger partial charge in [0.2, 0.25) is 0 Å². The fourth-order valence-corrected chi connectivity index (χ4v) is 3.08. The number of ether oxygens (including phenoxy) is 2. The van der Waals surface area contributed by atoms with Crippen molar-refractivity contribution in [3.8, 4) is 11.5 Å². The SMILES string of the molecule is COc1cc2c(=O)ccn(Cc3ccc(NS(=O)O)cc3)c2cc1OC. The summed E-state index contributed by atoms with van der Waals surface area (Å²) in [6.45, 7) is 0.523. The largest absolute Gasteiger partial charge is 0.493 e. The molecule has 1 atom stereocenters. The van der Waals surface area contributed by atoms with Crippen LogP contribution in [0.3, 0.4) is 0 Å².